The Hall–Kier alpha value is -0.870. The first-order valence-electron chi connectivity index (χ1n) is 3.52. The van der Waals surface area contributed by atoms with E-state index in [4.69, 9.17) is 5.11 Å². The Labute approximate surface area is 73.3 Å². The summed E-state index contributed by atoms with van der Waals surface area (Å²) in [5, 5.41) is 8.91. The van der Waals surface area contributed by atoms with Crippen molar-refractivity contribution in [1.29, 1.82) is 0 Å². The normalized spacial score (nSPS) is 12.8. The van der Waals surface area contributed by atoms with Crippen LogP contribution in [0.5, 0.6) is 5.75 Å². The van der Waals surface area contributed by atoms with Crippen LogP contribution in [0.15, 0.2) is 24.3 Å². The lowest BCUT2D eigenvalue weighted by Gasteiger charge is -2.04. The standard InChI is InChI=1S/C8H10O3S/c9-8-3-1-7(2-4-8)5-6-12(10)11/h1-4,9H,5-6H2,(H,10,11)/p-1. The largest absolute Gasteiger partial charge is 0.772 e. The third-order valence-electron chi connectivity index (χ3n) is 1.49. The molecule has 1 aromatic rings. The molecule has 0 aromatic heterocycles. The molecule has 0 aliphatic carbocycles. The highest BCUT2D eigenvalue weighted by Crippen LogP contribution is 2.09. The summed E-state index contributed by atoms with van der Waals surface area (Å²) in [5.41, 5.74) is 0.914. The van der Waals surface area contributed by atoms with E-state index in [9.17, 15) is 8.76 Å². The predicted molar refractivity (Wildman–Crippen MR) is 45.6 cm³/mol. The molecule has 0 aliphatic rings. The monoisotopic (exact) mass is 185 g/mol. The minimum Gasteiger partial charge on any atom is -0.772 e. The lowest BCUT2D eigenvalue weighted by atomic mass is 10.2. The first kappa shape index (κ1) is 9.22. The van der Waals surface area contributed by atoms with Crippen LogP contribution in [0, 0.1) is 0 Å². The van der Waals surface area contributed by atoms with Gasteiger partial charge >= 0.3 is 0 Å². The molecule has 3 nitrogen and oxygen atoms in total. The maximum atomic E-state index is 10.2. The van der Waals surface area contributed by atoms with Gasteiger partial charge < -0.3 is 9.66 Å². The van der Waals surface area contributed by atoms with Crippen LogP contribution in [-0.2, 0) is 17.5 Å². The molecule has 12 heavy (non-hydrogen) atoms. The zero-order valence-electron chi connectivity index (χ0n) is 6.40. The number of aromatic hydroxyl groups is 1. The summed E-state index contributed by atoms with van der Waals surface area (Å²) >= 11 is -1.98. The van der Waals surface area contributed by atoms with Crippen LogP contribution in [0.3, 0.4) is 0 Å². The summed E-state index contributed by atoms with van der Waals surface area (Å²) in [7, 11) is 0. The molecule has 0 heterocycles. The van der Waals surface area contributed by atoms with E-state index in [1.54, 1.807) is 24.3 Å². The van der Waals surface area contributed by atoms with E-state index >= 15 is 0 Å². The average molecular weight is 185 g/mol. The molecular weight excluding hydrogens is 176 g/mol. The molecule has 0 radical (unpaired) electrons. The number of hydrogen-bond donors (Lipinski definition) is 1. The zero-order valence-corrected chi connectivity index (χ0v) is 7.21. The van der Waals surface area contributed by atoms with Crippen LogP contribution in [-0.4, -0.2) is 19.6 Å². The van der Waals surface area contributed by atoms with Crippen LogP contribution < -0.4 is 0 Å². The van der Waals surface area contributed by atoms with Gasteiger partial charge in [0.25, 0.3) is 0 Å². The molecule has 0 bridgehead atoms. The van der Waals surface area contributed by atoms with Gasteiger partial charge in [-0.25, -0.2) is 0 Å². The van der Waals surface area contributed by atoms with Crippen molar-refractivity contribution in [2.75, 3.05) is 5.75 Å². The average Bonchev–Trinajstić information content (AvgIpc) is 2.03. The Morgan fingerprint density at radius 1 is 1.33 bits per heavy atom. The summed E-state index contributed by atoms with van der Waals surface area (Å²) in [5.74, 6) is 0.326. The minimum absolute atomic E-state index is 0.130. The topological polar surface area (TPSA) is 60.4 Å². The summed E-state index contributed by atoms with van der Waals surface area (Å²) in [6, 6.07) is 6.51. The molecule has 0 spiro atoms. The van der Waals surface area contributed by atoms with Crippen molar-refractivity contribution in [3.63, 3.8) is 0 Å². The lowest BCUT2D eigenvalue weighted by molar-refractivity contribution is 0.475. The van der Waals surface area contributed by atoms with Gasteiger partial charge in [0.1, 0.15) is 5.75 Å². The third-order valence-corrected chi connectivity index (χ3v) is 2.03. The fourth-order valence-electron chi connectivity index (χ4n) is 0.864. The van der Waals surface area contributed by atoms with Crippen LogP contribution in [0.1, 0.15) is 5.56 Å². The van der Waals surface area contributed by atoms with Crippen molar-refractivity contribution >= 4 is 11.1 Å². The Kier molecular flexibility index (Phi) is 3.25. The number of benzene rings is 1. The van der Waals surface area contributed by atoms with Gasteiger partial charge in [-0.1, -0.05) is 23.2 Å². The first-order chi connectivity index (χ1) is 5.68. The van der Waals surface area contributed by atoms with Crippen molar-refractivity contribution < 1.29 is 13.9 Å². The van der Waals surface area contributed by atoms with Crippen LogP contribution in [0.4, 0.5) is 0 Å². The number of phenolic OH excluding ortho intramolecular Hbond substituents is 1. The predicted octanol–water partition coefficient (Wildman–Crippen LogP) is 0.814. The van der Waals surface area contributed by atoms with Gasteiger partial charge in [0.05, 0.1) is 0 Å². The molecule has 0 fully saturated rings. The molecule has 66 valence electrons. The van der Waals surface area contributed by atoms with Crippen molar-refractivity contribution in [2.45, 2.75) is 6.42 Å². The SMILES string of the molecule is O=S([O-])CCc1ccc(O)cc1. The van der Waals surface area contributed by atoms with E-state index in [1.165, 1.54) is 0 Å². The number of aryl methyl sites for hydroxylation is 1. The van der Waals surface area contributed by atoms with E-state index in [2.05, 4.69) is 0 Å². The van der Waals surface area contributed by atoms with Crippen molar-refractivity contribution in [2.24, 2.45) is 0 Å². The van der Waals surface area contributed by atoms with Gasteiger partial charge in [-0.15, -0.1) is 0 Å². The third kappa shape index (κ3) is 3.02. The highest BCUT2D eigenvalue weighted by molar-refractivity contribution is 7.79. The van der Waals surface area contributed by atoms with Gasteiger partial charge in [0.15, 0.2) is 0 Å². The summed E-state index contributed by atoms with van der Waals surface area (Å²) < 4.78 is 20.4. The smallest absolute Gasteiger partial charge is 0.115 e. The Balaban J connectivity index is 2.53. The summed E-state index contributed by atoms with van der Waals surface area (Å²) in [6.45, 7) is 0. The van der Waals surface area contributed by atoms with E-state index in [-0.39, 0.29) is 11.5 Å². The molecular formula is C8H9O3S-. The molecule has 0 saturated carbocycles. The van der Waals surface area contributed by atoms with E-state index < -0.39 is 11.1 Å². The van der Waals surface area contributed by atoms with Crippen LogP contribution >= 0.6 is 0 Å². The molecule has 1 N–H and O–H groups in total. The molecule has 1 aromatic carbocycles. The summed E-state index contributed by atoms with van der Waals surface area (Å²) in [6.07, 6.45) is 0.496. The fraction of sp³-hybridized carbons (Fsp3) is 0.250. The van der Waals surface area contributed by atoms with E-state index in [0.717, 1.165) is 5.56 Å². The Bertz CT molecular complexity index is 268. The molecule has 0 aliphatic heterocycles. The number of phenols is 1. The lowest BCUT2D eigenvalue weighted by Crippen LogP contribution is -1.98. The summed E-state index contributed by atoms with van der Waals surface area (Å²) in [4.78, 5) is 0. The molecule has 1 unspecified atom stereocenters. The molecule has 0 saturated heterocycles. The van der Waals surface area contributed by atoms with Gasteiger partial charge in [-0.05, 0) is 24.1 Å². The van der Waals surface area contributed by atoms with Crippen LogP contribution in [0.25, 0.3) is 0 Å². The van der Waals surface area contributed by atoms with Crippen molar-refractivity contribution in [3.05, 3.63) is 29.8 Å². The fourth-order valence-corrected chi connectivity index (χ4v) is 1.27. The second-order valence-electron chi connectivity index (χ2n) is 2.42. The van der Waals surface area contributed by atoms with E-state index in [1.807, 2.05) is 0 Å². The highest BCUT2D eigenvalue weighted by Gasteiger charge is 1.92. The second-order valence-corrected chi connectivity index (χ2v) is 3.44. The molecule has 1 atom stereocenters. The number of rotatable bonds is 3. The van der Waals surface area contributed by atoms with Gasteiger partial charge in [-0.2, -0.15) is 0 Å². The molecule has 1 rings (SSSR count). The van der Waals surface area contributed by atoms with E-state index in [0.29, 0.717) is 6.42 Å². The van der Waals surface area contributed by atoms with Gasteiger partial charge in [0.2, 0.25) is 0 Å². The maximum Gasteiger partial charge on any atom is 0.115 e. The van der Waals surface area contributed by atoms with Crippen molar-refractivity contribution in [3.8, 4) is 5.75 Å². The Morgan fingerprint density at radius 2 is 1.92 bits per heavy atom. The first-order valence-corrected chi connectivity index (χ1v) is 4.76. The Morgan fingerprint density at radius 3 is 2.42 bits per heavy atom. The second kappa shape index (κ2) is 4.23. The maximum absolute atomic E-state index is 10.2. The quantitative estimate of drug-likeness (QED) is 0.709. The number of hydrogen-bond acceptors (Lipinski definition) is 3. The minimum atomic E-state index is -1.98. The van der Waals surface area contributed by atoms with Gasteiger partial charge in [-0.3, -0.25) is 4.21 Å². The molecule has 0 amide bonds. The van der Waals surface area contributed by atoms with Gasteiger partial charge in [0, 0.05) is 5.75 Å². The van der Waals surface area contributed by atoms with Crippen molar-refractivity contribution in [1.82, 2.24) is 0 Å². The molecule has 4 heteroatoms. The highest BCUT2D eigenvalue weighted by atomic mass is 32.2. The van der Waals surface area contributed by atoms with Crippen LogP contribution in [0.2, 0.25) is 0 Å². The zero-order chi connectivity index (χ0) is 8.97.